The number of likely N-dealkylation sites (tertiary alicyclic amines) is 1. The zero-order chi connectivity index (χ0) is 13.7. The zero-order valence-electron chi connectivity index (χ0n) is 11.4. The van der Waals surface area contributed by atoms with E-state index in [2.05, 4.69) is 20.6 Å². The molecule has 6 heteroatoms. The topological polar surface area (TPSA) is 71.2 Å². The van der Waals surface area contributed by atoms with Crippen LogP contribution in [0.25, 0.3) is 0 Å². The molecule has 0 aliphatic carbocycles. The molecule has 2 heterocycles. The van der Waals surface area contributed by atoms with Crippen molar-refractivity contribution in [1.29, 1.82) is 0 Å². The molecule has 1 atom stereocenters. The molecule has 1 saturated heterocycles. The molecule has 1 amide bonds. The highest BCUT2D eigenvalue weighted by molar-refractivity contribution is 7.09. The summed E-state index contributed by atoms with van der Waals surface area (Å²) in [6.07, 6.45) is 2.05. The van der Waals surface area contributed by atoms with Gasteiger partial charge < -0.3 is 11.1 Å². The molecule has 0 saturated carbocycles. The maximum atomic E-state index is 12.0. The molecule has 19 heavy (non-hydrogen) atoms. The van der Waals surface area contributed by atoms with Crippen molar-refractivity contribution in [3.05, 3.63) is 16.1 Å². The number of carbonyl (C=O) groups excluding carboxylic acids is 1. The molecule has 106 valence electrons. The molecule has 0 spiro atoms. The fourth-order valence-electron chi connectivity index (χ4n) is 2.46. The average Bonchev–Trinajstić information content (AvgIpc) is 2.81. The van der Waals surface area contributed by atoms with Gasteiger partial charge >= 0.3 is 0 Å². The Bertz CT molecular complexity index is 421. The third kappa shape index (κ3) is 4.26. The average molecular weight is 282 g/mol. The fourth-order valence-corrected chi connectivity index (χ4v) is 3.07. The maximum absolute atomic E-state index is 12.0. The molecule has 1 fully saturated rings. The highest BCUT2D eigenvalue weighted by Gasteiger charge is 2.25. The van der Waals surface area contributed by atoms with Crippen LogP contribution in [0.1, 0.15) is 23.5 Å². The third-order valence-corrected chi connectivity index (χ3v) is 4.19. The second-order valence-electron chi connectivity index (χ2n) is 5.01. The lowest BCUT2D eigenvalue weighted by molar-refractivity contribution is -0.126. The number of amides is 1. The number of nitrogens with zero attached hydrogens (tertiary/aromatic N) is 2. The van der Waals surface area contributed by atoms with Gasteiger partial charge in [0.1, 0.15) is 0 Å². The van der Waals surface area contributed by atoms with Crippen LogP contribution in [0.4, 0.5) is 0 Å². The van der Waals surface area contributed by atoms with E-state index >= 15 is 0 Å². The predicted molar refractivity (Wildman–Crippen MR) is 76.9 cm³/mol. The molecule has 3 N–H and O–H groups in total. The first-order valence-corrected chi connectivity index (χ1v) is 7.68. The molecule has 1 unspecified atom stereocenters. The van der Waals surface area contributed by atoms with E-state index in [9.17, 15) is 4.79 Å². The van der Waals surface area contributed by atoms with Crippen LogP contribution in [-0.4, -0.2) is 42.0 Å². The molecule has 1 aliphatic heterocycles. The predicted octanol–water partition coefficient (Wildman–Crippen LogP) is 0.738. The van der Waals surface area contributed by atoms with E-state index in [1.54, 1.807) is 11.3 Å². The minimum Gasteiger partial charge on any atom is -0.355 e. The first-order valence-electron chi connectivity index (χ1n) is 6.80. The van der Waals surface area contributed by atoms with E-state index in [1.807, 2.05) is 6.92 Å². The molecule has 1 aromatic heterocycles. The number of aromatic nitrogens is 1. The van der Waals surface area contributed by atoms with Gasteiger partial charge in [0.15, 0.2) is 0 Å². The lowest BCUT2D eigenvalue weighted by atomic mass is 9.97. The number of hydrogen-bond acceptors (Lipinski definition) is 5. The Labute approximate surface area is 118 Å². The molecule has 1 aliphatic rings. The van der Waals surface area contributed by atoms with Crippen LogP contribution in [0.2, 0.25) is 0 Å². The number of nitrogens with two attached hydrogens (primary N) is 1. The van der Waals surface area contributed by atoms with Crippen LogP contribution in [0, 0.1) is 12.8 Å². The van der Waals surface area contributed by atoms with E-state index in [-0.39, 0.29) is 11.8 Å². The van der Waals surface area contributed by atoms with Crippen molar-refractivity contribution in [2.75, 3.05) is 26.2 Å². The van der Waals surface area contributed by atoms with Crippen LogP contribution >= 0.6 is 11.3 Å². The SMILES string of the molecule is Cc1nc(CN2CCCC(C(=O)NCCN)C2)cs1. The van der Waals surface area contributed by atoms with Gasteiger partial charge in [0.2, 0.25) is 5.91 Å². The van der Waals surface area contributed by atoms with Gasteiger partial charge in [0.25, 0.3) is 0 Å². The summed E-state index contributed by atoms with van der Waals surface area (Å²) in [6.45, 7) is 5.82. The summed E-state index contributed by atoms with van der Waals surface area (Å²) in [5.74, 6) is 0.240. The quantitative estimate of drug-likeness (QED) is 0.835. The summed E-state index contributed by atoms with van der Waals surface area (Å²) in [7, 11) is 0. The number of piperidine rings is 1. The molecule has 0 aromatic carbocycles. The molecular formula is C13H22N4OS. The lowest BCUT2D eigenvalue weighted by Crippen LogP contribution is -2.43. The van der Waals surface area contributed by atoms with Crippen LogP contribution in [0.15, 0.2) is 5.38 Å². The van der Waals surface area contributed by atoms with Gasteiger partial charge in [-0.2, -0.15) is 0 Å². The van der Waals surface area contributed by atoms with Crippen molar-refractivity contribution >= 4 is 17.2 Å². The Hall–Kier alpha value is -0.980. The standard InChI is InChI=1S/C13H22N4OS/c1-10-16-12(9-19-10)8-17-6-2-3-11(7-17)13(18)15-5-4-14/h9,11H,2-8,14H2,1H3,(H,15,18). The normalized spacial score (nSPS) is 20.4. The Morgan fingerprint density at radius 1 is 1.68 bits per heavy atom. The Morgan fingerprint density at radius 2 is 2.53 bits per heavy atom. The molecule has 1 aromatic rings. The Morgan fingerprint density at radius 3 is 3.21 bits per heavy atom. The van der Waals surface area contributed by atoms with Crippen LogP contribution < -0.4 is 11.1 Å². The molecule has 0 bridgehead atoms. The summed E-state index contributed by atoms with van der Waals surface area (Å²) >= 11 is 1.68. The van der Waals surface area contributed by atoms with Gasteiger partial charge in [-0.25, -0.2) is 4.98 Å². The Balaban J connectivity index is 1.84. The summed E-state index contributed by atoms with van der Waals surface area (Å²) in [6, 6.07) is 0. The van der Waals surface area contributed by atoms with E-state index in [4.69, 9.17) is 5.73 Å². The fraction of sp³-hybridized carbons (Fsp3) is 0.692. The summed E-state index contributed by atoms with van der Waals surface area (Å²) in [4.78, 5) is 18.8. The van der Waals surface area contributed by atoms with E-state index in [0.29, 0.717) is 13.1 Å². The van der Waals surface area contributed by atoms with Gasteiger partial charge in [-0.1, -0.05) is 0 Å². The number of nitrogens with one attached hydrogen (secondary N) is 1. The highest BCUT2D eigenvalue weighted by atomic mass is 32.1. The number of thiazole rings is 1. The summed E-state index contributed by atoms with van der Waals surface area (Å²) in [5.41, 5.74) is 6.52. The van der Waals surface area contributed by atoms with Gasteiger partial charge in [-0.3, -0.25) is 9.69 Å². The van der Waals surface area contributed by atoms with Gasteiger partial charge in [0.05, 0.1) is 16.6 Å². The van der Waals surface area contributed by atoms with Crippen molar-refractivity contribution in [3.63, 3.8) is 0 Å². The van der Waals surface area contributed by atoms with Gasteiger partial charge in [-0.05, 0) is 26.3 Å². The number of hydrogen-bond donors (Lipinski definition) is 2. The minimum atomic E-state index is 0.0973. The van der Waals surface area contributed by atoms with Crippen LogP contribution in [-0.2, 0) is 11.3 Å². The molecular weight excluding hydrogens is 260 g/mol. The largest absolute Gasteiger partial charge is 0.355 e. The van der Waals surface area contributed by atoms with Crippen LogP contribution in [0.3, 0.4) is 0 Å². The second kappa shape index (κ2) is 6.98. The van der Waals surface area contributed by atoms with Crippen molar-refractivity contribution < 1.29 is 4.79 Å². The maximum Gasteiger partial charge on any atom is 0.224 e. The van der Waals surface area contributed by atoms with Crippen molar-refractivity contribution in [3.8, 4) is 0 Å². The zero-order valence-corrected chi connectivity index (χ0v) is 12.2. The Kier molecular flexibility index (Phi) is 5.30. The molecule has 0 radical (unpaired) electrons. The second-order valence-corrected chi connectivity index (χ2v) is 6.07. The summed E-state index contributed by atoms with van der Waals surface area (Å²) in [5, 5.41) is 6.09. The smallest absolute Gasteiger partial charge is 0.224 e. The van der Waals surface area contributed by atoms with E-state index in [0.717, 1.165) is 43.2 Å². The lowest BCUT2D eigenvalue weighted by Gasteiger charge is -2.31. The highest BCUT2D eigenvalue weighted by Crippen LogP contribution is 2.19. The van der Waals surface area contributed by atoms with Crippen molar-refractivity contribution in [2.45, 2.75) is 26.3 Å². The van der Waals surface area contributed by atoms with Crippen molar-refractivity contribution in [1.82, 2.24) is 15.2 Å². The summed E-state index contributed by atoms with van der Waals surface area (Å²) < 4.78 is 0. The molecule has 5 nitrogen and oxygen atoms in total. The van der Waals surface area contributed by atoms with Gasteiger partial charge in [0, 0.05) is 31.6 Å². The number of rotatable bonds is 5. The molecule has 2 rings (SSSR count). The van der Waals surface area contributed by atoms with Gasteiger partial charge in [-0.15, -0.1) is 11.3 Å². The monoisotopic (exact) mass is 282 g/mol. The van der Waals surface area contributed by atoms with Crippen LogP contribution in [0.5, 0.6) is 0 Å². The van der Waals surface area contributed by atoms with Crippen molar-refractivity contribution in [2.24, 2.45) is 11.7 Å². The van der Waals surface area contributed by atoms with E-state index < -0.39 is 0 Å². The minimum absolute atomic E-state index is 0.0973. The number of aryl methyl sites for hydroxylation is 1. The van der Waals surface area contributed by atoms with E-state index in [1.165, 1.54) is 0 Å². The first-order chi connectivity index (χ1) is 9.19. The third-order valence-electron chi connectivity index (χ3n) is 3.37. The first kappa shape index (κ1) is 14.4. The number of carbonyl (C=O) groups is 1.